The van der Waals surface area contributed by atoms with Gasteiger partial charge in [0.1, 0.15) is 11.9 Å². The molecule has 0 aliphatic carbocycles. The zero-order valence-electron chi connectivity index (χ0n) is 18.5. The van der Waals surface area contributed by atoms with E-state index in [1.165, 1.54) is 6.20 Å². The number of nitrogens with zero attached hydrogens (tertiary/aromatic N) is 4. The summed E-state index contributed by atoms with van der Waals surface area (Å²) in [4.78, 5) is 8.37. The highest BCUT2D eigenvalue weighted by Crippen LogP contribution is 2.40. The van der Waals surface area contributed by atoms with Gasteiger partial charge in [-0.1, -0.05) is 18.2 Å². The molecule has 4 atom stereocenters. The SMILES string of the molecule is COc1cc(-c2ccc(-c3ncc(O[C@@H]4C[C@@]5(C)C=C[C@](C)(N5)[C@@H]4F)nn3)c(O)c2)ccn1. The van der Waals surface area contributed by atoms with Crippen molar-refractivity contribution in [2.75, 3.05) is 7.11 Å². The van der Waals surface area contributed by atoms with Crippen LogP contribution in [-0.2, 0) is 0 Å². The first kappa shape index (κ1) is 21.3. The quantitative estimate of drug-likeness (QED) is 0.571. The average molecular weight is 449 g/mol. The molecule has 0 amide bonds. The molecule has 1 fully saturated rings. The number of pyridine rings is 1. The van der Waals surface area contributed by atoms with Crippen LogP contribution in [0.4, 0.5) is 4.39 Å². The fourth-order valence-electron chi connectivity index (χ4n) is 4.54. The number of aromatic hydroxyl groups is 1. The summed E-state index contributed by atoms with van der Waals surface area (Å²) in [5.41, 5.74) is 0.960. The number of fused-ring (bicyclic) bond motifs is 2. The zero-order valence-corrected chi connectivity index (χ0v) is 18.5. The second-order valence-corrected chi connectivity index (χ2v) is 8.86. The Morgan fingerprint density at radius 2 is 1.88 bits per heavy atom. The van der Waals surface area contributed by atoms with Crippen molar-refractivity contribution >= 4 is 0 Å². The highest BCUT2D eigenvalue weighted by Gasteiger charge is 2.53. The van der Waals surface area contributed by atoms with Crippen LogP contribution < -0.4 is 14.8 Å². The van der Waals surface area contributed by atoms with E-state index < -0.39 is 17.8 Å². The third kappa shape index (κ3) is 3.89. The summed E-state index contributed by atoms with van der Waals surface area (Å²) in [6.45, 7) is 3.83. The molecular weight excluding hydrogens is 425 g/mol. The van der Waals surface area contributed by atoms with Gasteiger partial charge in [-0.3, -0.25) is 5.32 Å². The molecule has 2 bridgehead atoms. The van der Waals surface area contributed by atoms with Gasteiger partial charge in [0, 0.05) is 24.2 Å². The Labute approximate surface area is 190 Å². The summed E-state index contributed by atoms with van der Waals surface area (Å²) in [7, 11) is 1.55. The van der Waals surface area contributed by atoms with Crippen LogP contribution in [-0.4, -0.2) is 55.7 Å². The molecule has 3 aromatic rings. The lowest BCUT2D eigenvalue weighted by Crippen LogP contribution is -2.64. The average Bonchev–Trinajstić information content (AvgIpc) is 3.09. The summed E-state index contributed by atoms with van der Waals surface area (Å²) >= 11 is 0. The van der Waals surface area contributed by atoms with Gasteiger partial charge in [-0.15, -0.1) is 10.2 Å². The Bertz CT molecular complexity index is 1220. The molecule has 0 unspecified atom stereocenters. The largest absolute Gasteiger partial charge is 0.507 e. The van der Waals surface area contributed by atoms with Gasteiger partial charge in [-0.25, -0.2) is 14.4 Å². The predicted octanol–water partition coefficient (Wildman–Crippen LogP) is 3.48. The summed E-state index contributed by atoms with van der Waals surface area (Å²) in [5.74, 6) is 0.862. The highest BCUT2D eigenvalue weighted by atomic mass is 19.1. The van der Waals surface area contributed by atoms with Crippen molar-refractivity contribution in [1.29, 1.82) is 0 Å². The normalized spacial score (nSPS) is 28.0. The maximum atomic E-state index is 15.0. The van der Waals surface area contributed by atoms with Crippen LogP contribution in [0.5, 0.6) is 17.5 Å². The molecule has 1 aromatic carbocycles. The predicted molar refractivity (Wildman–Crippen MR) is 120 cm³/mol. The van der Waals surface area contributed by atoms with Crippen molar-refractivity contribution in [3.05, 3.63) is 54.9 Å². The minimum Gasteiger partial charge on any atom is -0.507 e. The summed E-state index contributed by atoms with van der Waals surface area (Å²) in [6.07, 6.45) is 5.44. The minimum absolute atomic E-state index is 0.00410. The molecule has 4 heterocycles. The number of alkyl halides is 1. The van der Waals surface area contributed by atoms with E-state index in [9.17, 15) is 5.11 Å². The van der Waals surface area contributed by atoms with E-state index >= 15 is 4.39 Å². The van der Waals surface area contributed by atoms with Crippen LogP contribution in [0.3, 0.4) is 0 Å². The number of ether oxygens (including phenoxy) is 2. The molecule has 0 spiro atoms. The number of benzene rings is 1. The molecule has 5 rings (SSSR count). The number of methoxy groups -OCH3 is 1. The lowest BCUT2D eigenvalue weighted by atomic mass is 9.83. The van der Waals surface area contributed by atoms with Crippen molar-refractivity contribution in [3.8, 4) is 40.0 Å². The van der Waals surface area contributed by atoms with Crippen molar-refractivity contribution in [1.82, 2.24) is 25.5 Å². The number of phenolic OH excluding ortho intramolecular Hbond substituents is 1. The van der Waals surface area contributed by atoms with E-state index in [1.54, 1.807) is 31.5 Å². The van der Waals surface area contributed by atoms with Crippen LogP contribution in [0.15, 0.2) is 54.9 Å². The van der Waals surface area contributed by atoms with E-state index in [-0.39, 0.29) is 23.0 Å². The van der Waals surface area contributed by atoms with Gasteiger partial charge >= 0.3 is 0 Å². The number of hydrogen-bond acceptors (Lipinski definition) is 8. The van der Waals surface area contributed by atoms with E-state index in [0.29, 0.717) is 17.9 Å². The summed E-state index contributed by atoms with van der Waals surface area (Å²) in [5, 5.41) is 22.0. The van der Waals surface area contributed by atoms with Gasteiger partial charge in [0.15, 0.2) is 12.0 Å². The summed E-state index contributed by atoms with van der Waals surface area (Å²) < 4.78 is 26.0. The molecule has 8 nitrogen and oxygen atoms in total. The number of aromatic nitrogens is 4. The second kappa shape index (κ2) is 7.77. The van der Waals surface area contributed by atoms with E-state index in [0.717, 1.165) is 11.1 Å². The Morgan fingerprint density at radius 3 is 2.61 bits per heavy atom. The van der Waals surface area contributed by atoms with Gasteiger partial charge in [0.25, 0.3) is 5.88 Å². The zero-order chi connectivity index (χ0) is 23.2. The number of phenols is 1. The van der Waals surface area contributed by atoms with Gasteiger partial charge in [-0.05, 0) is 43.2 Å². The molecule has 2 aliphatic rings. The standard InChI is InChI=1S/C24H24FN5O3/c1-23-7-8-24(2,30-23)21(25)18(12-23)33-20-13-27-22(29-28-20)16-5-4-14(10-17(16)31)15-6-9-26-19(11-15)32-3/h4-11,13,18,21,30-31H,12H2,1-3H3/t18-,21-,23-,24+/m1/s1. The Balaban J connectivity index is 1.33. The monoisotopic (exact) mass is 449 g/mol. The number of hydrogen-bond donors (Lipinski definition) is 2. The molecule has 0 saturated carbocycles. The van der Waals surface area contributed by atoms with Crippen LogP contribution in [0.25, 0.3) is 22.5 Å². The first-order valence-corrected chi connectivity index (χ1v) is 10.6. The van der Waals surface area contributed by atoms with Crippen LogP contribution in [0.2, 0.25) is 0 Å². The maximum Gasteiger partial charge on any atom is 0.252 e. The Morgan fingerprint density at radius 1 is 1.06 bits per heavy atom. The molecule has 170 valence electrons. The van der Waals surface area contributed by atoms with E-state index in [1.807, 2.05) is 38.1 Å². The van der Waals surface area contributed by atoms with Gasteiger partial charge in [-0.2, -0.15) is 0 Å². The second-order valence-electron chi connectivity index (χ2n) is 8.86. The van der Waals surface area contributed by atoms with Crippen molar-refractivity contribution in [2.45, 2.75) is 43.6 Å². The number of halogens is 1. The molecule has 0 radical (unpaired) electrons. The molecule has 2 N–H and O–H groups in total. The van der Waals surface area contributed by atoms with Crippen molar-refractivity contribution in [2.24, 2.45) is 0 Å². The molecular formula is C24H24FN5O3. The number of rotatable bonds is 5. The van der Waals surface area contributed by atoms with Gasteiger partial charge < -0.3 is 14.6 Å². The molecule has 1 saturated heterocycles. The fraction of sp³-hybridized carbons (Fsp3) is 0.333. The Kier molecular flexibility index (Phi) is 5.01. The first-order chi connectivity index (χ1) is 15.8. The van der Waals surface area contributed by atoms with E-state index in [4.69, 9.17) is 9.47 Å². The van der Waals surface area contributed by atoms with Gasteiger partial charge in [0.05, 0.1) is 24.4 Å². The number of nitrogens with one attached hydrogen (secondary N) is 1. The van der Waals surface area contributed by atoms with Crippen molar-refractivity contribution < 1.29 is 19.0 Å². The van der Waals surface area contributed by atoms with Crippen LogP contribution >= 0.6 is 0 Å². The molecule has 33 heavy (non-hydrogen) atoms. The summed E-state index contributed by atoms with van der Waals surface area (Å²) in [6, 6.07) is 8.77. The lowest BCUT2D eigenvalue weighted by molar-refractivity contribution is -0.00140. The van der Waals surface area contributed by atoms with Crippen molar-refractivity contribution in [3.63, 3.8) is 0 Å². The number of piperidine rings is 1. The fourth-order valence-corrected chi connectivity index (χ4v) is 4.54. The lowest BCUT2D eigenvalue weighted by Gasteiger charge is -2.44. The third-order valence-corrected chi connectivity index (χ3v) is 6.21. The molecule has 2 aromatic heterocycles. The third-order valence-electron chi connectivity index (χ3n) is 6.21. The molecule has 9 heteroatoms. The van der Waals surface area contributed by atoms with Crippen LogP contribution in [0.1, 0.15) is 20.3 Å². The van der Waals surface area contributed by atoms with Gasteiger partial charge in [0.2, 0.25) is 5.88 Å². The van der Waals surface area contributed by atoms with Crippen LogP contribution in [0, 0.1) is 0 Å². The molecule has 2 aliphatic heterocycles. The maximum absolute atomic E-state index is 15.0. The van der Waals surface area contributed by atoms with E-state index in [2.05, 4.69) is 25.5 Å². The first-order valence-electron chi connectivity index (χ1n) is 10.6. The smallest absolute Gasteiger partial charge is 0.252 e. The minimum atomic E-state index is -1.24. The Hall–Kier alpha value is -3.59. The highest BCUT2D eigenvalue weighted by molar-refractivity contribution is 5.73. The topological polar surface area (TPSA) is 102 Å².